The Morgan fingerprint density at radius 2 is 2.11 bits per heavy atom. The normalized spacial score (nSPS) is 31.6. The standard InChI is InChI=1S/C16H23FN2/c1-11-9-18-16(3,13-7-8-13)10-19(11)15-6-4-5-14(17)12(15)2/h4-6,11,13,18H,7-10H2,1-3H3. The molecule has 2 unspecified atom stereocenters. The quantitative estimate of drug-likeness (QED) is 0.881. The highest BCUT2D eigenvalue weighted by atomic mass is 19.1. The maximum atomic E-state index is 13.8. The summed E-state index contributed by atoms with van der Waals surface area (Å²) in [6, 6.07) is 5.83. The molecule has 1 aromatic carbocycles. The maximum absolute atomic E-state index is 13.8. The van der Waals surface area contributed by atoms with Gasteiger partial charge >= 0.3 is 0 Å². The predicted molar refractivity (Wildman–Crippen MR) is 77.1 cm³/mol. The van der Waals surface area contributed by atoms with Crippen LogP contribution in [-0.2, 0) is 0 Å². The molecule has 1 saturated carbocycles. The Bertz CT molecular complexity index is 484. The third-order valence-corrected chi connectivity index (χ3v) is 4.86. The van der Waals surface area contributed by atoms with E-state index in [0.29, 0.717) is 6.04 Å². The molecular formula is C16H23FN2. The Balaban J connectivity index is 1.91. The zero-order valence-electron chi connectivity index (χ0n) is 12.0. The van der Waals surface area contributed by atoms with Crippen molar-refractivity contribution in [2.75, 3.05) is 18.0 Å². The zero-order chi connectivity index (χ0) is 13.6. The van der Waals surface area contributed by atoms with Gasteiger partial charge < -0.3 is 10.2 Å². The van der Waals surface area contributed by atoms with Crippen molar-refractivity contribution in [1.29, 1.82) is 0 Å². The lowest BCUT2D eigenvalue weighted by Crippen LogP contribution is -2.63. The van der Waals surface area contributed by atoms with Crippen LogP contribution in [0.15, 0.2) is 18.2 Å². The summed E-state index contributed by atoms with van der Waals surface area (Å²) in [6.07, 6.45) is 2.65. The molecule has 2 fully saturated rings. The number of hydrogen-bond acceptors (Lipinski definition) is 2. The molecule has 1 aromatic rings. The number of hydrogen-bond donors (Lipinski definition) is 1. The molecule has 104 valence electrons. The van der Waals surface area contributed by atoms with Gasteiger partial charge in [0.05, 0.1) is 0 Å². The number of nitrogens with zero attached hydrogens (tertiary/aromatic N) is 1. The lowest BCUT2D eigenvalue weighted by Gasteiger charge is -2.47. The molecule has 1 saturated heterocycles. The summed E-state index contributed by atoms with van der Waals surface area (Å²) in [4.78, 5) is 2.38. The van der Waals surface area contributed by atoms with Crippen molar-refractivity contribution in [1.82, 2.24) is 5.32 Å². The minimum atomic E-state index is -0.101. The lowest BCUT2D eigenvalue weighted by molar-refractivity contribution is 0.260. The molecule has 1 aliphatic heterocycles. The van der Waals surface area contributed by atoms with E-state index in [2.05, 4.69) is 24.1 Å². The smallest absolute Gasteiger partial charge is 0.128 e. The Kier molecular flexibility index (Phi) is 3.05. The van der Waals surface area contributed by atoms with E-state index < -0.39 is 0 Å². The number of halogens is 1. The van der Waals surface area contributed by atoms with Gasteiger partial charge in [-0.15, -0.1) is 0 Å². The molecule has 0 bridgehead atoms. The van der Waals surface area contributed by atoms with Crippen LogP contribution in [0.1, 0.15) is 32.3 Å². The summed E-state index contributed by atoms with van der Waals surface area (Å²) in [5.74, 6) is 0.688. The van der Waals surface area contributed by atoms with Gasteiger partial charge in [0.25, 0.3) is 0 Å². The molecule has 3 rings (SSSR count). The van der Waals surface area contributed by atoms with Gasteiger partial charge in [-0.25, -0.2) is 4.39 Å². The first kappa shape index (κ1) is 12.9. The van der Waals surface area contributed by atoms with E-state index in [1.165, 1.54) is 12.8 Å². The molecule has 0 aromatic heterocycles. The van der Waals surface area contributed by atoms with E-state index in [-0.39, 0.29) is 11.4 Å². The fourth-order valence-corrected chi connectivity index (χ4v) is 3.28. The third-order valence-electron chi connectivity index (χ3n) is 4.86. The highest BCUT2D eigenvalue weighted by Crippen LogP contribution is 2.42. The van der Waals surface area contributed by atoms with Crippen LogP contribution in [0.4, 0.5) is 10.1 Å². The largest absolute Gasteiger partial charge is 0.365 e. The molecule has 19 heavy (non-hydrogen) atoms. The average molecular weight is 262 g/mol. The predicted octanol–water partition coefficient (Wildman–Crippen LogP) is 3.10. The first-order valence-electron chi connectivity index (χ1n) is 7.28. The molecule has 0 radical (unpaired) electrons. The van der Waals surface area contributed by atoms with E-state index in [0.717, 1.165) is 30.3 Å². The van der Waals surface area contributed by atoms with Crippen LogP contribution in [0.5, 0.6) is 0 Å². The number of nitrogens with one attached hydrogen (secondary N) is 1. The summed E-state index contributed by atoms with van der Waals surface area (Å²) < 4.78 is 13.8. The van der Waals surface area contributed by atoms with Crippen molar-refractivity contribution in [3.63, 3.8) is 0 Å². The minimum absolute atomic E-state index is 0.101. The van der Waals surface area contributed by atoms with Gasteiger partial charge in [0.15, 0.2) is 0 Å². The maximum Gasteiger partial charge on any atom is 0.128 e. The summed E-state index contributed by atoms with van der Waals surface area (Å²) in [5, 5.41) is 3.71. The number of rotatable bonds is 2. The fraction of sp³-hybridized carbons (Fsp3) is 0.625. The molecule has 2 atom stereocenters. The van der Waals surface area contributed by atoms with Crippen molar-refractivity contribution in [2.45, 2.75) is 45.2 Å². The topological polar surface area (TPSA) is 15.3 Å². The van der Waals surface area contributed by atoms with E-state index >= 15 is 0 Å². The average Bonchev–Trinajstić information content (AvgIpc) is 3.21. The number of anilines is 1. The second-order valence-corrected chi connectivity index (χ2v) is 6.43. The monoisotopic (exact) mass is 262 g/mol. The first-order chi connectivity index (χ1) is 9.01. The van der Waals surface area contributed by atoms with Gasteiger partial charge in [-0.05, 0) is 51.7 Å². The van der Waals surface area contributed by atoms with Gasteiger partial charge in [0.1, 0.15) is 5.82 Å². The van der Waals surface area contributed by atoms with Crippen LogP contribution in [0.25, 0.3) is 0 Å². The number of piperazine rings is 1. The van der Waals surface area contributed by atoms with Gasteiger partial charge in [0, 0.05) is 35.9 Å². The van der Waals surface area contributed by atoms with E-state index in [9.17, 15) is 4.39 Å². The van der Waals surface area contributed by atoms with Crippen LogP contribution < -0.4 is 10.2 Å². The molecule has 1 heterocycles. The van der Waals surface area contributed by atoms with Crippen molar-refractivity contribution in [3.05, 3.63) is 29.6 Å². The fourth-order valence-electron chi connectivity index (χ4n) is 3.28. The lowest BCUT2D eigenvalue weighted by atomic mass is 9.90. The van der Waals surface area contributed by atoms with Crippen LogP contribution in [0, 0.1) is 18.7 Å². The van der Waals surface area contributed by atoms with E-state index in [4.69, 9.17) is 0 Å². The minimum Gasteiger partial charge on any atom is -0.365 e. The molecule has 1 N–H and O–H groups in total. The van der Waals surface area contributed by atoms with Crippen molar-refractivity contribution < 1.29 is 4.39 Å². The van der Waals surface area contributed by atoms with Crippen molar-refractivity contribution >= 4 is 5.69 Å². The number of benzene rings is 1. The summed E-state index contributed by atoms with van der Waals surface area (Å²) in [7, 11) is 0. The summed E-state index contributed by atoms with van der Waals surface area (Å²) >= 11 is 0. The highest BCUT2D eigenvalue weighted by Gasteiger charge is 2.45. The van der Waals surface area contributed by atoms with E-state index in [1.807, 2.05) is 19.1 Å². The van der Waals surface area contributed by atoms with Gasteiger partial charge in [-0.1, -0.05) is 6.07 Å². The molecule has 0 amide bonds. The Morgan fingerprint density at radius 1 is 1.37 bits per heavy atom. The Hall–Kier alpha value is -1.09. The zero-order valence-corrected chi connectivity index (χ0v) is 12.0. The first-order valence-corrected chi connectivity index (χ1v) is 7.28. The highest BCUT2D eigenvalue weighted by molar-refractivity contribution is 5.55. The molecule has 3 heteroatoms. The van der Waals surface area contributed by atoms with Crippen LogP contribution in [-0.4, -0.2) is 24.7 Å². The molecule has 1 aliphatic carbocycles. The van der Waals surface area contributed by atoms with E-state index in [1.54, 1.807) is 6.07 Å². The summed E-state index contributed by atoms with van der Waals surface area (Å²) in [5.41, 5.74) is 2.01. The van der Waals surface area contributed by atoms with Crippen molar-refractivity contribution in [3.8, 4) is 0 Å². The van der Waals surface area contributed by atoms with Crippen LogP contribution in [0.2, 0.25) is 0 Å². The Labute approximate surface area is 115 Å². The summed E-state index contributed by atoms with van der Waals surface area (Å²) in [6.45, 7) is 8.36. The second-order valence-electron chi connectivity index (χ2n) is 6.43. The SMILES string of the molecule is Cc1c(F)cccc1N1CC(C)(C2CC2)NCC1C. The Morgan fingerprint density at radius 3 is 2.79 bits per heavy atom. The van der Waals surface area contributed by atoms with Crippen LogP contribution in [0.3, 0.4) is 0 Å². The third kappa shape index (κ3) is 2.25. The van der Waals surface area contributed by atoms with Gasteiger partial charge in [0.2, 0.25) is 0 Å². The molecular weight excluding hydrogens is 239 g/mol. The second kappa shape index (κ2) is 4.48. The van der Waals surface area contributed by atoms with Gasteiger partial charge in [-0.2, -0.15) is 0 Å². The van der Waals surface area contributed by atoms with Crippen molar-refractivity contribution in [2.24, 2.45) is 5.92 Å². The van der Waals surface area contributed by atoms with Gasteiger partial charge in [-0.3, -0.25) is 0 Å². The molecule has 2 nitrogen and oxygen atoms in total. The molecule has 2 aliphatic rings. The van der Waals surface area contributed by atoms with Crippen LogP contribution >= 0.6 is 0 Å². The molecule has 0 spiro atoms.